The summed E-state index contributed by atoms with van der Waals surface area (Å²) >= 11 is 2.25. The minimum absolute atomic E-state index is 0.127. The van der Waals surface area contributed by atoms with Gasteiger partial charge in [0.15, 0.2) is 0 Å². The quantitative estimate of drug-likeness (QED) is 0.230. The van der Waals surface area contributed by atoms with E-state index in [-0.39, 0.29) is 18.9 Å². The molecule has 1 aliphatic carbocycles. The molecular formula is C30H33F2IN2O2. The number of aryl methyl sites for hydroxylation is 1. The van der Waals surface area contributed by atoms with Crippen molar-refractivity contribution in [1.82, 2.24) is 10.6 Å². The SMILES string of the molecule is O=C(CCCC1CCc2ccccc21)N[C@@H](Cc1cc(F)cc(F)c1)[C@@H](O)CNCc1cccc(I)c1. The molecule has 196 valence electrons. The highest BCUT2D eigenvalue weighted by molar-refractivity contribution is 14.1. The fraction of sp³-hybridized carbons (Fsp3) is 0.367. The number of carbonyl (C=O) groups excluding carboxylic acids is 1. The molecule has 0 radical (unpaired) electrons. The number of carbonyl (C=O) groups is 1. The molecule has 0 fully saturated rings. The Morgan fingerprint density at radius 3 is 2.59 bits per heavy atom. The summed E-state index contributed by atoms with van der Waals surface area (Å²) in [6.07, 6.45) is 3.41. The lowest BCUT2D eigenvalue weighted by molar-refractivity contribution is -0.122. The van der Waals surface area contributed by atoms with Crippen LogP contribution in [-0.2, 0) is 24.2 Å². The highest BCUT2D eigenvalue weighted by Crippen LogP contribution is 2.36. The minimum atomic E-state index is -0.931. The average Bonchev–Trinajstić information content (AvgIpc) is 3.26. The van der Waals surface area contributed by atoms with Gasteiger partial charge in [-0.25, -0.2) is 8.78 Å². The number of hydrogen-bond acceptors (Lipinski definition) is 3. The van der Waals surface area contributed by atoms with Gasteiger partial charge < -0.3 is 15.7 Å². The van der Waals surface area contributed by atoms with Crippen molar-refractivity contribution in [1.29, 1.82) is 0 Å². The van der Waals surface area contributed by atoms with Crippen LogP contribution in [0.4, 0.5) is 8.78 Å². The zero-order valence-electron chi connectivity index (χ0n) is 20.7. The third kappa shape index (κ3) is 8.32. The Hall–Kier alpha value is -2.36. The van der Waals surface area contributed by atoms with Crippen molar-refractivity contribution < 1.29 is 18.7 Å². The van der Waals surface area contributed by atoms with E-state index in [0.717, 1.165) is 40.9 Å². The molecule has 0 saturated carbocycles. The summed E-state index contributed by atoms with van der Waals surface area (Å²) < 4.78 is 28.7. The molecule has 4 nitrogen and oxygen atoms in total. The van der Waals surface area contributed by atoms with E-state index in [9.17, 15) is 18.7 Å². The third-order valence-electron chi connectivity index (χ3n) is 6.97. The monoisotopic (exact) mass is 618 g/mol. The lowest BCUT2D eigenvalue weighted by Gasteiger charge is -2.25. The molecule has 1 aliphatic rings. The van der Waals surface area contributed by atoms with E-state index in [1.165, 1.54) is 23.3 Å². The molecule has 0 aliphatic heterocycles. The number of nitrogens with one attached hydrogen (secondary N) is 2. The van der Waals surface area contributed by atoms with Gasteiger partial charge in [-0.05, 0) is 107 Å². The van der Waals surface area contributed by atoms with Crippen LogP contribution in [0.5, 0.6) is 0 Å². The highest BCUT2D eigenvalue weighted by atomic mass is 127. The van der Waals surface area contributed by atoms with E-state index in [4.69, 9.17) is 0 Å². The summed E-state index contributed by atoms with van der Waals surface area (Å²) in [5.41, 5.74) is 4.27. The molecule has 3 atom stereocenters. The van der Waals surface area contributed by atoms with Gasteiger partial charge in [0, 0.05) is 29.1 Å². The first-order valence-corrected chi connectivity index (χ1v) is 13.9. The van der Waals surface area contributed by atoms with Crippen LogP contribution in [0.1, 0.15) is 53.9 Å². The summed E-state index contributed by atoms with van der Waals surface area (Å²) in [6, 6.07) is 19.2. The first-order chi connectivity index (χ1) is 17.9. The second-order valence-electron chi connectivity index (χ2n) is 9.81. The van der Waals surface area contributed by atoms with Crippen LogP contribution in [0, 0.1) is 15.2 Å². The van der Waals surface area contributed by atoms with Gasteiger partial charge in [-0.3, -0.25) is 4.79 Å². The molecule has 0 aromatic heterocycles. The number of amides is 1. The highest BCUT2D eigenvalue weighted by Gasteiger charge is 2.24. The van der Waals surface area contributed by atoms with Crippen LogP contribution in [0.15, 0.2) is 66.7 Å². The van der Waals surface area contributed by atoms with Crippen molar-refractivity contribution in [2.24, 2.45) is 0 Å². The molecule has 3 N–H and O–H groups in total. The average molecular weight is 619 g/mol. The zero-order valence-corrected chi connectivity index (χ0v) is 22.9. The Morgan fingerprint density at radius 2 is 1.81 bits per heavy atom. The molecular weight excluding hydrogens is 585 g/mol. The molecule has 7 heteroatoms. The van der Waals surface area contributed by atoms with Crippen molar-refractivity contribution in [2.45, 2.75) is 63.1 Å². The fourth-order valence-electron chi connectivity index (χ4n) is 5.15. The Labute approximate surface area is 231 Å². The first-order valence-electron chi connectivity index (χ1n) is 12.8. The molecule has 3 aromatic carbocycles. The first kappa shape index (κ1) is 27.7. The van der Waals surface area contributed by atoms with Crippen LogP contribution >= 0.6 is 22.6 Å². The van der Waals surface area contributed by atoms with Gasteiger partial charge in [0.25, 0.3) is 0 Å². The summed E-state index contributed by atoms with van der Waals surface area (Å²) in [6.45, 7) is 0.791. The predicted molar refractivity (Wildman–Crippen MR) is 150 cm³/mol. The van der Waals surface area contributed by atoms with E-state index in [2.05, 4.69) is 63.6 Å². The predicted octanol–water partition coefficient (Wildman–Crippen LogP) is 5.65. The maximum atomic E-state index is 13.8. The molecule has 0 saturated heterocycles. The second-order valence-corrected chi connectivity index (χ2v) is 11.1. The lowest BCUT2D eigenvalue weighted by Crippen LogP contribution is -2.48. The summed E-state index contributed by atoms with van der Waals surface area (Å²) in [5.74, 6) is -1.04. The topological polar surface area (TPSA) is 61.4 Å². The van der Waals surface area contributed by atoms with Gasteiger partial charge in [-0.1, -0.05) is 36.4 Å². The van der Waals surface area contributed by atoms with Gasteiger partial charge in [0.1, 0.15) is 11.6 Å². The third-order valence-corrected chi connectivity index (χ3v) is 7.64. The van der Waals surface area contributed by atoms with E-state index in [1.54, 1.807) is 0 Å². The van der Waals surface area contributed by atoms with Crippen molar-refractivity contribution >= 4 is 28.5 Å². The maximum absolute atomic E-state index is 13.8. The fourth-order valence-corrected chi connectivity index (χ4v) is 5.76. The number of rotatable bonds is 12. The smallest absolute Gasteiger partial charge is 0.220 e. The Morgan fingerprint density at radius 1 is 1.03 bits per heavy atom. The van der Waals surface area contributed by atoms with Gasteiger partial charge >= 0.3 is 0 Å². The molecule has 4 rings (SSSR count). The van der Waals surface area contributed by atoms with E-state index >= 15 is 0 Å². The maximum Gasteiger partial charge on any atom is 0.220 e. The molecule has 37 heavy (non-hydrogen) atoms. The number of fused-ring (bicyclic) bond motifs is 1. The number of aliphatic hydroxyl groups is 1. The Balaban J connectivity index is 1.33. The molecule has 0 bridgehead atoms. The number of hydrogen-bond donors (Lipinski definition) is 3. The van der Waals surface area contributed by atoms with Crippen LogP contribution in [0.3, 0.4) is 0 Å². The molecule has 1 amide bonds. The van der Waals surface area contributed by atoms with Crippen molar-refractivity contribution in [3.05, 3.63) is 104 Å². The van der Waals surface area contributed by atoms with E-state index < -0.39 is 23.8 Å². The number of halogens is 3. The second kappa shape index (κ2) is 13.4. The summed E-state index contributed by atoms with van der Waals surface area (Å²) in [5, 5.41) is 17.1. The van der Waals surface area contributed by atoms with Crippen molar-refractivity contribution in [3.8, 4) is 0 Å². The van der Waals surface area contributed by atoms with Crippen LogP contribution in [0.2, 0.25) is 0 Å². The summed E-state index contributed by atoms with van der Waals surface area (Å²) in [7, 11) is 0. The van der Waals surface area contributed by atoms with E-state index in [0.29, 0.717) is 24.4 Å². The van der Waals surface area contributed by atoms with Gasteiger partial charge in [-0.2, -0.15) is 0 Å². The lowest BCUT2D eigenvalue weighted by atomic mass is 9.95. The van der Waals surface area contributed by atoms with Crippen molar-refractivity contribution in [3.63, 3.8) is 0 Å². The molecule has 0 heterocycles. The Bertz CT molecular complexity index is 1190. The van der Waals surface area contributed by atoms with Gasteiger partial charge in [0.2, 0.25) is 5.91 Å². The number of benzene rings is 3. The molecule has 0 spiro atoms. The van der Waals surface area contributed by atoms with Gasteiger partial charge in [0.05, 0.1) is 12.1 Å². The minimum Gasteiger partial charge on any atom is -0.390 e. The van der Waals surface area contributed by atoms with E-state index in [1.807, 2.05) is 18.2 Å². The number of aliphatic hydroxyl groups excluding tert-OH is 1. The summed E-state index contributed by atoms with van der Waals surface area (Å²) in [4.78, 5) is 12.8. The largest absolute Gasteiger partial charge is 0.390 e. The molecule has 1 unspecified atom stereocenters. The normalized spacial score (nSPS) is 16.3. The van der Waals surface area contributed by atoms with Crippen molar-refractivity contribution in [2.75, 3.05) is 6.54 Å². The molecule has 3 aromatic rings. The Kier molecular flexibility index (Phi) is 10.1. The standard InChI is InChI=1S/C30H33F2IN2O2/c31-24-13-21(14-25(32)17-24)16-28(29(36)19-34-18-20-5-3-8-26(33)15-20)35-30(37)10-4-7-23-12-11-22-6-1-2-9-27(22)23/h1-3,5-6,8-9,13-15,17,23,28-29,34,36H,4,7,10-12,16,18-19H2,(H,35,37)/t23?,28-,29-/m0/s1. The van der Waals surface area contributed by atoms with Crippen LogP contribution in [0.25, 0.3) is 0 Å². The van der Waals surface area contributed by atoms with Gasteiger partial charge in [-0.15, -0.1) is 0 Å². The zero-order chi connectivity index (χ0) is 26.2. The van der Waals surface area contributed by atoms with Crippen LogP contribution < -0.4 is 10.6 Å². The van der Waals surface area contributed by atoms with Crippen LogP contribution in [-0.4, -0.2) is 29.7 Å².